The Hall–Kier alpha value is -10.7. The molecule has 103 heavy (non-hydrogen) atoms. The van der Waals surface area contributed by atoms with Gasteiger partial charge >= 0.3 is 29.8 Å². The number of rotatable bonds is 48. The zero-order valence-electron chi connectivity index (χ0n) is 57.6. The smallest absolute Gasteiger partial charge is 0.326 e. The van der Waals surface area contributed by atoms with Crippen molar-refractivity contribution in [2.45, 2.75) is 184 Å². The molecule has 0 aromatic heterocycles. The van der Waals surface area contributed by atoms with E-state index in [0.29, 0.717) is 11.1 Å². The highest BCUT2D eigenvalue weighted by atomic mass is 32.2. The predicted octanol–water partition coefficient (Wildman–Crippen LogP) is -4.88. The van der Waals surface area contributed by atoms with E-state index in [1.165, 1.54) is 37.7 Å². The second kappa shape index (κ2) is 45.2. The van der Waals surface area contributed by atoms with Gasteiger partial charge in [0.1, 0.15) is 72.2 Å². The van der Waals surface area contributed by atoms with Gasteiger partial charge in [-0.05, 0) is 99.0 Å². The number of nitrogens with zero attached hydrogens (tertiary/aromatic N) is 1. The number of amides is 11. The van der Waals surface area contributed by atoms with E-state index in [4.69, 9.17) is 22.3 Å². The summed E-state index contributed by atoms with van der Waals surface area (Å²) in [6, 6.07) is -5.88. The molecule has 0 unspecified atom stereocenters. The molecular formula is C64H95N15O23S. The number of hydrogen-bond acceptors (Lipinski definition) is 21. The molecule has 0 heterocycles. The molecule has 39 heteroatoms. The lowest BCUT2D eigenvalue weighted by atomic mass is 9.99. The topological polar surface area (TPSA) is 637 Å². The Morgan fingerprint density at radius 3 is 1.36 bits per heavy atom. The Morgan fingerprint density at radius 1 is 0.447 bits per heavy atom. The fourth-order valence-corrected chi connectivity index (χ4v) is 10.2. The van der Waals surface area contributed by atoms with Gasteiger partial charge in [-0.1, -0.05) is 70.2 Å². The minimum absolute atomic E-state index is 0.0133. The molecule has 24 N–H and O–H groups in total. The van der Waals surface area contributed by atoms with E-state index < -0.39 is 218 Å². The van der Waals surface area contributed by atoms with Gasteiger partial charge in [0.05, 0.1) is 25.5 Å². The number of aliphatic hydroxyl groups excluding tert-OH is 1. The first-order valence-electron chi connectivity index (χ1n) is 32.5. The number of phenolic OH excluding ortho intramolecular Hbond substituents is 1. The fourth-order valence-electron chi connectivity index (χ4n) is 9.68. The third-order valence-corrected chi connectivity index (χ3v) is 15.8. The number of carboxylic acids is 5. The predicted molar refractivity (Wildman–Crippen MR) is 367 cm³/mol. The van der Waals surface area contributed by atoms with E-state index in [1.54, 1.807) is 62.6 Å². The number of phenols is 1. The molecule has 0 saturated heterocycles. The number of carbonyl (C=O) groups excluding carboxylic acids is 11. The van der Waals surface area contributed by atoms with Gasteiger partial charge in [0, 0.05) is 25.8 Å². The van der Waals surface area contributed by atoms with Crippen molar-refractivity contribution in [2.24, 2.45) is 34.0 Å². The molecular weight excluding hydrogens is 1380 g/mol. The van der Waals surface area contributed by atoms with Gasteiger partial charge in [-0.15, -0.1) is 0 Å². The van der Waals surface area contributed by atoms with Crippen molar-refractivity contribution < 1.29 is 112 Å². The summed E-state index contributed by atoms with van der Waals surface area (Å²) in [5.74, 6) is -21.3. The van der Waals surface area contributed by atoms with Crippen molar-refractivity contribution in [1.29, 1.82) is 0 Å². The molecule has 0 saturated carbocycles. The summed E-state index contributed by atoms with van der Waals surface area (Å²) in [4.78, 5) is 215. The summed E-state index contributed by atoms with van der Waals surface area (Å²) < 4.78 is 0. The number of benzene rings is 2. The van der Waals surface area contributed by atoms with Crippen LogP contribution in [0.3, 0.4) is 0 Å². The highest BCUT2D eigenvalue weighted by molar-refractivity contribution is 7.98. The largest absolute Gasteiger partial charge is 0.508 e. The molecule has 2 aromatic rings. The minimum Gasteiger partial charge on any atom is -0.508 e. The monoisotopic (exact) mass is 1470 g/mol. The van der Waals surface area contributed by atoms with Crippen molar-refractivity contribution in [3.8, 4) is 5.75 Å². The second-order valence-corrected chi connectivity index (χ2v) is 25.6. The Morgan fingerprint density at radius 2 is 0.864 bits per heavy atom. The Bertz CT molecular complexity index is 3310. The summed E-state index contributed by atoms with van der Waals surface area (Å²) >= 11 is 1.22. The molecule has 0 aliphatic carbocycles. The molecule has 38 nitrogen and oxygen atoms in total. The zero-order chi connectivity index (χ0) is 77.8. The molecule has 0 radical (unpaired) electrons. The van der Waals surface area contributed by atoms with Crippen LogP contribution in [0.25, 0.3) is 0 Å². The van der Waals surface area contributed by atoms with Crippen LogP contribution in [-0.2, 0) is 89.6 Å². The quantitative estimate of drug-likeness (QED) is 0.0168. The van der Waals surface area contributed by atoms with E-state index in [0.717, 1.165) is 6.92 Å². The summed E-state index contributed by atoms with van der Waals surface area (Å²) in [6.07, 6.45) is -4.21. The van der Waals surface area contributed by atoms with Crippen LogP contribution in [0.15, 0.2) is 59.6 Å². The maximum atomic E-state index is 14.4. The third kappa shape index (κ3) is 34.0. The van der Waals surface area contributed by atoms with Crippen LogP contribution in [0.4, 0.5) is 0 Å². The van der Waals surface area contributed by atoms with Gasteiger partial charge in [-0.3, -0.25) is 76.9 Å². The van der Waals surface area contributed by atoms with E-state index >= 15 is 0 Å². The molecule has 2 aromatic carbocycles. The number of aromatic hydroxyl groups is 1. The van der Waals surface area contributed by atoms with E-state index in [-0.39, 0.29) is 68.4 Å². The molecule has 12 atom stereocenters. The summed E-state index contributed by atoms with van der Waals surface area (Å²) in [5.41, 5.74) is 18.1. The van der Waals surface area contributed by atoms with E-state index in [2.05, 4.69) is 52.8 Å². The van der Waals surface area contributed by atoms with Gasteiger partial charge in [0.15, 0.2) is 5.96 Å². The van der Waals surface area contributed by atoms with Crippen molar-refractivity contribution in [3.63, 3.8) is 0 Å². The first kappa shape index (κ1) is 88.4. The normalized spacial score (nSPS) is 14.5. The number of guanidine groups is 1. The number of aliphatic hydroxyl groups is 1. The van der Waals surface area contributed by atoms with Crippen LogP contribution < -0.4 is 75.7 Å². The van der Waals surface area contributed by atoms with Crippen LogP contribution in [0, 0.1) is 11.8 Å². The molecule has 0 aliphatic rings. The number of aliphatic carboxylic acids is 5. The summed E-state index contributed by atoms with van der Waals surface area (Å²) in [5, 5.41) is 93.3. The van der Waals surface area contributed by atoms with Crippen molar-refractivity contribution in [3.05, 3.63) is 65.7 Å². The first-order chi connectivity index (χ1) is 48.3. The maximum absolute atomic E-state index is 14.4. The number of carbonyl (C=O) groups is 16. The van der Waals surface area contributed by atoms with Crippen LogP contribution in [0.1, 0.15) is 110 Å². The Balaban J connectivity index is 2.42. The fraction of sp³-hybridized carbons (Fsp3) is 0.547. The molecule has 2 rings (SSSR count). The van der Waals surface area contributed by atoms with Gasteiger partial charge in [-0.25, -0.2) is 4.79 Å². The average molecular weight is 1470 g/mol. The van der Waals surface area contributed by atoms with Crippen LogP contribution in [0.2, 0.25) is 0 Å². The SMILES string of the molecule is CSCC[C@H](NC(=O)[C@H](CO)NC(=O)[C@H](Cc1ccccc1)NC(=O)[C@@H](NC(=O)[C@H](CCC(=O)O)NC(=O)[C@H](CC(C)C)NC(=O)[C@@H](N)Cc1ccc(O)cc1)C(C)C)C(=O)N[C@@H](C)C(=O)N[C@@H](CCCN=C(N)N)C(=O)N[C@@H](CC(=O)O)C(=O)N[C@@H](CCC(=O)O)C(=O)N[C@@H](CC(=O)O)C(=O)O. The highest BCUT2D eigenvalue weighted by Gasteiger charge is 2.38. The lowest BCUT2D eigenvalue weighted by molar-refractivity contribution is -0.147. The van der Waals surface area contributed by atoms with Gasteiger partial charge in [-0.2, -0.15) is 11.8 Å². The number of nitrogens with two attached hydrogens (primary N) is 3. The molecule has 11 amide bonds. The number of aliphatic imine (C=N–C) groups is 1. The molecule has 0 fully saturated rings. The zero-order valence-corrected chi connectivity index (χ0v) is 58.5. The molecule has 0 spiro atoms. The second-order valence-electron chi connectivity index (χ2n) is 24.6. The van der Waals surface area contributed by atoms with Crippen molar-refractivity contribution in [2.75, 3.05) is 25.2 Å². The standard InChI is InChI=1S/C64H95N15O23S/c1-31(2)25-42(74-53(91)37(65)26-35-14-16-36(81)17-15-35)58(96)72-40(19-21-48(84)85)57(95)79-51(32(3)4)62(100)76-43(27-34-11-8-7-9-12-34)59(97)78-46(30-80)61(99)73-41(22-24-103-6)54(92)69-33(5)52(90)70-38(13-10-23-68-64(66)67)55(93)75-44(28-49(86)87)60(98)71-39(18-20-47(82)83)56(94)77-45(63(101)102)29-50(88)89/h7-9,11-12,14-17,31-33,37-46,51,80-81H,10,13,18-30,65H2,1-6H3,(H,69,92)(H,70,90)(H,71,98)(H,72,96)(H,73,99)(H,74,91)(H,75,93)(H,76,100)(H,77,94)(H,78,97)(H,79,95)(H,82,83)(H,84,85)(H,86,87)(H,88,89)(H,101,102)(H4,66,67,68)/t33-,37-,38-,39-,40-,41-,42-,43-,44-,45-,46-,51-/m0/s1. The van der Waals surface area contributed by atoms with Crippen molar-refractivity contribution >= 4 is 113 Å². The number of thioether (sulfide) groups is 1. The number of nitrogens with one attached hydrogen (secondary N) is 11. The summed E-state index contributed by atoms with van der Waals surface area (Å²) in [7, 11) is 0. The minimum atomic E-state index is -2.11. The number of hydrogen-bond donors (Lipinski definition) is 21. The summed E-state index contributed by atoms with van der Waals surface area (Å²) in [6.45, 7) is 6.46. The highest BCUT2D eigenvalue weighted by Crippen LogP contribution is 2.15. The maximum Gasteiger partial charge on any atom is 0.326 e. The Kier molecular flexibility index (Phi) is 38.8. The third-order valence-electron chi connectivity index (χ3n) is 15.2. The lowest BCUT2D eigenvalue weighted by Crippen LogP contribution is -2.62. The van der Waals surface area contributed by atoms with Gasteiger partial charge in [0.25, 0.3) is 0 Å². The average Bonchev–Trinajstić information content (AvgIpc) is 0.856. The van der Waals surface area contributed by atoms with Gasteiger partial charge < -0.3 is 111 Å². The molecule has 0 aliphatic heterocycles. The first-order valence-corrected chi connectivity index (χ1v) is 33.9. The number of carboxylic acid groups (broad SMARTS) is 5. The molecule has 0 bridgehead atoms. The van der Waals surface area contributed by atoms with Crippen LogP contribution in [0.5, 0.6) is 5.75 Å². The van der Waals surface area contributed by atoms with E-state index in [1.807, 2.05) is 10.6 Å². The van der Waals surface area contributed by atoms with E-state index in [9.17, 15) is 107 Å². The molecule has 570 valence electrons. The van der Waals surface area contributed by atoms with Crippen LogP contribution >= 0.6 is 11.8 Å². The lowest BCUT2D eigenvalue weighted by Gasteiger charge is -2.29. The van der Waals surface area contributed by atoms with Crippen molar-refractivity contribution in [1.82, 2.24) is 58.5 Å². The van der Waals surface area contributed by atoms with Crippen LogP contribution in [-0.4, -0.2) is 234 Å². The van der Waals surface area contributed by atoms with Gasteiger partial charge in [0.2, 0.25) is 65.0 Å². The Labute approximate surface area is 596 Å².